The van der Waals surface area contributed by atoms with E-state index >= 15 is 0 Å². The Labute approximate surface area is 168 Å². The van der Waals surface area contributed by atoms with E-state index in [-0.39, 0.29) is 6.61 Å². The minimum Gasteiger partial charge on any atom is -0.491 e. The normalized spacial score (nSPS) is 22.3. The van der Waals surface area contributed by atoms with Crippen molar-refractivity contribution >= 4 is 5.96 Å². The van der Waals surface area contributed by atoms with Gasteiger partial charge in [-0.2, -0.15) is 0 Å². The van der Waals surface area contributed by atoms with Crippen LogP contribution in [0.15, 0.2) is 29.3 Å². The molecule has 1 aromatic carbocycles. The van der Waals surface area contributed by atoms with Gasteiger partial charge in [0.05, 0.1) is 19.8 Å². The fourth-order valence-corrected chi connectivity index (χ4v) is 3.74. The van der Waals surface area contributed by atoms with Gasteiger partial charge in [-0.25, -0.2) is 0 Å². The number of aliphatic imine (C=N–C) groups is 1. The molecule has 2 fully saturated rings. The molecule has 2 heterocycles. The van der Waals surface area contributed by atoms with Gasteiger partial charge >= 0.3 is 0 Å². The zero-order valence-corrected chi connectivity index (χ0v) is 17.1. The van der Waals surface area contributed by atoms with E-state index in [1.165, 1.54) is 0 Å². The number of hydrogen-bond acceptors (Lipinski definition) is 5. The zero-order chi connectivity index (χ0) is 19.8. The fourth-order valence-electron chi connectivity index (χ4n) is 3.74. The third-order valence-electron chi connectivity index (χ3n) is 5.24. The average molecular weight is 391 g/mol. The molecule has 7 heteroatoms. The van der Waals surface area contributed by atoms with Crippen LogP contribution < -0.4 is 10.1 Å². The third kappa shape index (κ3) is 6.09. The maximum atomic E-state index is 10.3. The molecular formula is C21H34N4O3. The van der Waals surface area contributed by atoms with Crippen LogP contribution in [-0.4, -0.2) is 92.1 Å². The van der Waals surface area contributed by atoms with Crippen LogP contribution in [0.2, 0.25) is 0 Å². The molecular weight excluding hydrogens is 356 g/mol. The highest BCUT2D eigenvalue weighted by molar-refractivity contribution is 5.80. The third-order valence-corrected chi connectivity index (χ3v) is 5.24. The summed E-state index contributed by atoms with van der Waals surface area (Å²) in [4.78, 5) is 9.49. The second-order valence-electron chi connectivity index (χ2n) is 7.51. The molecule has 0 aromatic heterocycles. The van der Waals surface area contributed by atoms with Crippen molar-refractivity contribution in [1.29, 1.82) is 0 Å². The van der Waals surface area contributed by atoms with E-state index in [0.717, 1.165) is 69.6 Å². The van der Waals surface area contributed by atoms with Crippen LogP contribution in [0.5, 0.6) is 5.75 Å². The van der Waals surface area contributed by atoms with Crippen molar-refractivity contribution in [3.8, 4) is 5.75 Å². The summed E-state index contributed by atoms with van der Waals surface area (Å²) >= 11 is 0. The largest absolute Gasteiger partial charge is 0.491 e. The number of aryl methyl sites for hydroxylation is 1. The number of guanidine groups is 1. The van der Waals surface area contributed by atoms with Crippen molar-refractivity contribution in [3.05, 3.63) is 29.8 Å². The highest BCUT2D eigenvalue weighted by atomic mass is 16.5. The molecule has 0 aliphatic carbocycles. The van der Waals surface area contributed by atoms with Gasteiger partial charge in [0.15, 0.2) is 5.96 Å². The summed E-state index contributed by atoms with van der Waals surface area (Å²) in [7, 11) is 0. The molecule has 2 aliphatic rings. The number of hydrogen-bond donors (Lipinski definition) is 2. The minimum absolute atomic E-state index is 0.239. The molecule has 0 amide bonds. The van der Waals surface area contributed by atoms with Gasteiger partial charge in [0.25, 0.3) is 0 Å². The number of nitrogens with one attached hydrogen (secondary N) is 1. The summed E-state index contributed by atoms with van der Waals surface area (Å²) in [6, 6.07) is 8.41. The van der Waals surface area contributed by atoms with E-state index in [0.29, 0.717) is 12.6 Å². The molecule has 0 radical (unpaired) electrons. The van der Waals surface area contributed by atoms with E-state index in [4.69, 9.17) is 9.47 Å². The van der Waals surface area contributed by atoms with Crippen molar-refractivity contribution < 1.29 is 14.6 Å². The van der Waals surface area contributed by atoms with Crippen LogP contribution in [0.25, 0.3) is 0 Å². The van der Waals surface area contributed by atoms with E-state index in [2.05, 4.69) is 27.0 Å². The Morgan fingerprint density at radius 1 is 1.36 bits per heavy atom. The lowest BCUT2D eigenvalue weighted by Crippen LogP contribution is -2.46. The number of nitrogens with zero attached hydrogens (tertiary/aromatic N) is 3. The quantitative estimate of drug-likeness (QED) is 0.537. The van der Waals surface area contributed by atoms with Gasteiger partial charge < -0.3 is 24.8 Å². The smallest absolute Gasteiger partial charge is 0.194 e. The maximum absolute atomic E-state index is 10.3. The van der Waals surface area contributed by atoms with Gasteiger partial charge in [-0.3, -0.25) is 9.89 Å². The average Bonchev–Trinajstić information content (AvgIpc) is 3.20. The Hall–Kier alpha value is -1.83. The topological polar surface area (TPSA) is 69.6 Å². The van der Waals surface area contributed by atoms with Gasteiger partial charge in [0.1, 0.15) is 18.5 Å². The molecule has 7 nitrogen and oxygen atoms in total. The van der Waals surface area contributed by atoms with Gasteiger partial charge in [-0.1, -0.05) is 12.1 Å². The number of rotatable bonds is 7. The molecule has 0 spiro atoms. The molecule has 0 saturated carbocycles. The SMILES string of the molecule is CCNC(=NCC(O)COc1cccc(C)c1)N1CCC(N2CCOCC2)C1. The Balaban J connectivity index is 1.49. The summed E-state index contributed by atoms with van der Waals surface area (Å²) in [6.07, 6.45) is 0.510. The second-order valence-corrected chi connectivity index (χ2v) is 7.51. The van der Waals surface area contributed by atoms with Crippen LogP contribution in [0.4, 0.5) is 0 Å². The minimum atomic E-state index is -0.633. The Bertz CT molecular complexity index is 634. The van der Waals surface area contributed by atoms with Crippen LogP contribution in [0.3, 0.4) is 0 Å². The lowest BCUT2D eigenvalue weighted by molar-refractivity contribution is 0.0194. The standard InChI is InChI=1S/C21H34N4O3/c1-3-22-21(25-8-7-18(15-25)24-9-11-27-12-10-24)23-14-19(26)16-28-20-6-4-5-17(2)13-20/h4-6,13,18-19,26H,3,7-12,14-16H2,1-2H3,(H,22,23). The predicted molar refractivity (Wildman–Crippen MR) is 111 cm³/mol. The Morgan fingerprint density at radius 3 is 2.93 bits per heavy atom. The van der Waals surface area contributed by atoms with Gasteiger partial charge in [-0.05, 0) is 38.0 Å². The van der Waals surface area contributed by atoms with Crippen molar-refractivity contribution in [2.45, 2.75) is 32.4 Å². The predicted octanol–water partition coefficient (Wildman–Crippen LogP) is 1.11. The summed E-state index contributed by atoms with van der Waals surface area (Å²) < 4.78 is 11.2. The van der Waals surface area contributed by atoms with Gasteiger partial charge in [-0.15, -0.1) is 0 Å². The number of benzene rings is 1. The molecule has 2 N–H and O–H groups in total. The molecule has 2 atom stereocenters. The Morgan fingerprint density at radius 2 is 2.18 bits per heavy atom. The first kappa shape index (κ1) is 20.9. The first-order valence-corrected chi connectivity index (χ1v) is 10.4. The first-order chi connectivity index (χ1) is 13.7. The maximum Gasteiger partial charge on any atom is 0.194 e. The van der Waals surface area contributed by atoms with E-state index in [1.54, 1.807) is 0 Å². The van der Waals surface area contributed by atoms with Gasteiger partial charge in [0, 0.05) is 38.8 Å². The van der Waals surface area contributed by atoms with E-state index < -0.39 is 6.10 Å². The van der Waals surface area contributed by atoms with E-state index in [1.807, 2.05) is 31.2 Å². The molecule has 2 unspecified atom stereocenters. The van der Waals surface area contributed by atoms with Crippen LogP contribution in [0.1, 0.15) is 18.9 Å². The zero-order valence-electron chi connectivity index (χ0n) is 17.1. The number of likely N-dealkylation sites (tertiary alicyclic amines) is 1. The molecule has 2 saturated heterocycles. The molecule has 28 heavy (non-hydrogen) atoms. The highest BCUT2D eigenvalue weighted by Gasteiger charge is 2.30. The summed E-state index contributed by atoms with van der Waals surface area (Å²) in [5.41, 5.74) is 1.14. The number of aliphatic hydroxyl groups is 1. The number of morpholine rings is 1. The number of ether oxygens (including phenoxy) is 2. The van der Waals surface area contributed by atoms with Crippen LogP contribution in [0, 0.1) is 6.92 Å². The summed E-state index contributed by atoms with van der Waals surface area (Å²) in [5.74, 6) is 1.66. The lowest BCUT2D eigenvalue weighted by atomic mass is 10.2. The fraction of sp³-hybridized carbons (Fsp3) is 0.667. The molecule has 2 aliphatic heterocycles. The van der Waals surface area contributed by atoms with Crippen molar-refractivity contribution in [1.82, 2.24) is 15.1 Å². The first-order valence-electron chi connectivity index (χ1n) is 10.4. The van der Waals surface area contributed by atoms with Crippen molar-refractivity contribution in [3.63, 3.8) is 0 Å². The summed E-state index contributed by atoms with van der Waals surface area (Å²) in [6.45, 7) is 11.1. The second kappa shape index (κ2) is 10.6. The van der Waals surface area contributed by atoms with Crippen molar-refractivity contribution in [2.75, 3.05) is 59.1 Å². The van der Waals surface area contributed by atoms with Crippen LogP contribution >= 0.6 is 0 Å². The molecule has 3 rings (SSSR count). The van der Waals surface area contributed by atoms with Crippen LogP contribution in [-0.2, 0) is 4.74 Å². The monoisotopic (exact) mass is 390 g/mol. The molecule has 156 valence electrons. The number of aliphatic hydroxyl groups excluding tert-OH is 1. The van der Waals surface area contributed by atoms with Gasteiger partial charge in [0.2, 0.25) is 0 Å². The lowest BCUT2D eigenvalue weighted by Gasteiger charge is -2.32. The Kier molecular flexibility index (Phi) is 7.94. The molecule has 1 aromatic rings. The molecule has 0 bridgehead atoms. The highest BCUT2D eigenvalue weighted by Crippen LogP contribution is 2.17. The van der Waals surface area contributed by atoms with Crippen molar-refractivity contribution in [2.24, 2.45) is 4.99 Å². The van der Waals surface area contributed by atoms with E-state index in [9.17, 15) is 5.11 Å². The summed E-state index contributed by atoms with van der Waals surface area (Å²) in [5, 5.41) is 13.7.